The first-order valence-corrected chi connectivity index (χ1v) is 7.18. The summed E-state index contributed by atoms with van der Waals surface area (Å²) >= 11 is 0. The molecule has 3 N–H and O–H groups in total. The molecule has 114 valence electrons. The molecule has 0 atom stereocenters. The summed E-state index contributed by atoms with van der Waals surface area (Å²) in [5.41, 5.74) is -0.735. The molecule has 2 aliphatic rings. The summed E-state index contributed by atoms with van der Waals surface area (Å²) in [5, 5.41) is 14.6. The van der Waals surface area contributed by atoms with Gasteiger partial charge in [-0.25, -0.2) is 4.79 Å². The molecule has 2 amide bonds. The van der Waals surface area contributed by atoms with Crippen LogP contribution in [0.1, 0.15) is 19.3 Å². The van der Waals surface area contributed by atoms with Gasteiger partial charge in [0.15, 0.2) is 0 Å². The lowest BCUT2D eigenvalue weighted by atomic mass is 9.69. The molecule has 1 aliphatic carbocycles. The highest BCUT2D eigenvalue weighted by Crippen LogP contribution is 2.40. The van der Waals surface area contributed by atoms with Crippen LogP contribution in [0.3, 0.4) is 0 Å². The second kappa shape index (κ2) is 6.90. The Bertz CT molecular complexity index is 352. The van der Waals surface area contributed by atoms with Gasteiger partial charge >= 0.3 is 12.0 Å². The molecule has 0 spiro atoms. The van der Waals surface area contributed by atoms with Crippen LogP contribution in [0.5, 0.6) is 0 Å². The van der Waals surface area contributed by atoms with Crippen LogP contribution in [-0.4, -0.2) is 67.9 Å². The summed E-state index contributed by atoms with van der Waals surface area (Å²) in [5.74, 6) is -0.808. The zero-order valence-corrected chi connectivity index (χ0v) is 11.7. The van der Waals surface area contributed by atoms with Gasteiger partial charge in [0.1, 0.15) is 0 Å². The summed E-state index contributed by atoms with van der Waals surface area (Å²) in [6.45, 7) is 4.84. The standard InChI is InChI=1S/C13H23N3O4/c17-11(18)13(2-1-3-13)10-15-12(19)14-4-5-16-6-8-20-9-7-16/h1-10H2,(H,17,18)(H2,14,15,19). The minimum atomic E-state index is -0.808. The summed E-state index contributed by atoms with van der Waals surface area (Å²) in [6, 6.07) is -0.286. The second-order valence-electron chi connectivity index (χ2n) is 5.50. The molecule has 7 heteroatoms. The Morgan fingerprint density at radius 1 is 1.20 bits per heavy atom. The Morgan fingerprint density at radius 3 is 2.45 bits per heavy atom. The molecule has 2 rings (SSSR count). The van der Waals surface area contributed by atoms with E-state index >= 15 is 0 Å². The molecular formula is C13H23N3O4. The first kappa shape index (κ1) is 15.1. The van der Waals surface area contributed by atoms with Crippen LogP contribution in [0.25, 0.3) is 0 Å². The molecule has 0 radical (unpaired) electrons. The fourth-order valence-electron chi connectivity index (χ4n) is 2.53. The van der Waals surface area contributed by atoms with Gasteiger partial charge in [0.25, 0.3) is 0 Å². The highest BCUT2D eigenvalue weighted by atomic mass is 16.5. The van der Waals surface area contributed by atoms with E-state index in [4.69, 9.17) is 9.84 Å². The SMILES string of the molecule is O=C(NCCN1CCOCC1)NCC1(C(=O)O)CCC1. The van der Waals surface area contributed by atoms with E-state index in [9.17, 15) is 9.59 Å². The third-order valence-corrected chi connectivity index (χ3v) is 4.17. The van der Waals surface area contributed by atoms with Gasteiger partial charge in [0.2, 0.25) is 0 Å². The summed E-state index contributed by atoms with van der Waals surface area (Å²) in [7, 11) is 0. The average Bonchev–Trinajstić information content (AvgIpc) is 2.38. The second-order valence-corrected chi connectivity index (χ2v) is 5.50. The number of morpholine rings is 1. The van der Waals surface area contributed by atoms with Crippen molar-refractivity contribution in [2.75, 3.05) is 45.9 Å². The Morgan fingerprint density at radius 2 is 1.90 bits per heavy atom. The van der Waals surface area contributed by atoms with E-state index in [2.05, 4.69) is 15.5 Å². The number of carboxylic acid groups (broad SMARTS) is 1. The third kappa shape index (κ3) is 3.83. The van der Waals surface area contributed by atoms with Crippen LogP contribution in [-0.2, 0) is 9.53 Å². The summed E-state index contributed by atoms with van der Waals surface area (Å²) < 4.78 is 5.25. The maximum atomic E-state index is 11.6. The van der Waals surface area contributed by atoms with Crippen LogP contribution in [0, 0.1) is 5.41 Å². The zero-order chi connectivity index (χ0) is 14.4. The Labute approximate surface area is 118 Å². The highest BCUT2D eigenvalue weighted by Gasteiger charge is 2.44. The Kier molecular flexibility index (Phi) is 5.19. The number of aliphatic carboxylic acids is 1. The largest absolute Gasteiger partial charge is 0.481 e. The number of amides is 2. The maximum absolute atomic E-state index is 11.6. The molecule has 1 saturated carbocycles. The van der Waals surface area contributed by atoms with Gasteiger partial charge in [0, 0.05) is 32.7 Å². The number of urea groups is 1. The molecule has 1 heterocycles. The van der Waals surface area contributed by atoms with Crippen molar-refractivity contribution in [1.82, 2.24) is 15.5 Å². The minimum Gasteiger partial charge on any atom is -0.481 e. The van der Waals surface area contributed by atoms with Crippen molar-refractivity contribution >= 4 is 12.0 Å². The van der Waals surface area contributed by atoms with Crippen LogP contribution in [0.4, 0.5) is 4.79 Å². The summed E-state index contributed by atoms with van der Waals surface area (Å²) in [4.78, 5) is 25.0. The lowest BCUT2D eigenvalue weighted by Gasteiger charge is -2.37. The average molecular weight is 285 g/mol. The molecule has 2 fully saturated rings. The number of carbonyl (C=O) groups is 2. The van der Waals surface area contributed by atoms with Crippen molar-refractivity contribution in [3.63, 3.8) is 0 Å². The molecule has 20 heavy (non-hydrogen) atoms. The monoisotopic (exact) mass is 285 g/mol. The van der Waals surface area contributed by atoms with Crippen molar-refractivity contribution < 1.29 is 19.4 Å². The molecule has 0 aromatic heterocycles. The summed E-state index contributed by atoms with van der Waals surface area (Å²) in [6.07, 6.45) is 2.22. The molecule has 7 nitrogen and oxygen atoms in total. The first-order chi connectivity index (χ1) is 9.62. The van der Waals surface area contributed by atoms with Crippen LogP contribution in [0.15, 0.2) is 0 Å². The minimum absolute atomic E-state index is 0.214. The normalized spacial score (nSPS) is 21.8. The fraction of sp³-hybridized carbons (Fsp3) is 0.846. The van der Waals surface area contributed by atoms with Gasteiger partial charge < -0.3 is 20.5 Å². The predicted octanol–water partition coefficient (Wildman–Crippen LogP) is -0.127. The molecular weight excluding hydrogens is 262 g/mol. The van der Waals surface area contributed by atoms with Gasteiger partial charge in [-0.2, -0.15) is 0 Å². The van der Waals surface area contributed by atoms with Gasteiger partial charge in [-0.15, -0.1) is 0 Å². The number of hydrogen-bond acceptors (Lipinski definition) is 4. The molecule has 1 aliphatic heterocycles. The number of nitrogens with zero attached hydrogens (tertiary/aromatic N) is 1. The van der Waals surface area contributed by atoms with Crippen molar-refractivity contribution in [1.29, 1.82) is 0 Å². The van der Waals surface area contributed by atoms with E-state index in [0.717, 1.165) is 39.3 Å². The van der Waals surface area contributed by atoms with E-state index < -0.39 is 11.4 Å². The van der Waals surface area contributed by atoms with E-state index in [1.807, 2.05) is 0 Å². The van der Waals surface area contributed by atoms with E-state index in [1.165, 1.54) is 0 Å². The number of nitrogens with one attached hydrogen (secondary N) is 2. The van der Waals surface area contributed by atoms with Crippen molar-refractivity contribution in [2.45, 2.75) is 19.3 Å². The van der Waals surface area contributed by atoms with Gasteiger partial charge in [-0.1, -0.05) is 6.42 Å². The smallest absolute Gasteiger partial charge is 0.314 e. The topological polar surface area (TPSA) is 90.9 Å². The molecule has 0 bridgehead atoms. The van der Waals surface area contributed by atoms with E-state index in [0.29, 0.717) is 19.4 Å². The first-order valence-electron chi connectivity index (χ1n) is 7.18. The van der Waals surface area contributed by atoms with Gasteiger partial charge in [0.05, 0.1) is 18.6 Å². The third-order valence-electron chi connectivity index (χ3n) is 4.17. The van der Waals surface area contributed by atoms with Crippen molar-refractivity contribution in [3.8, 4) is 0 Å². The van der Waals surface area contributed by atoms with Crippen molar-refractivity contribution in [3.05, 3.63) is 0 Å². The zero-order valence-electron chi connectivity index (χ0n) is 11.7. The number of carbonyl (C=O) groups excluding carboxylic acids is 1. The maximum Gasteiger partial charge on any atom is 0.314 e. The van der Waals surface area contributed by atoms with Crippen molar-refractivity contribution in [2.24, 2.45) is 5.41 Å². The lowest BCUT2D eigenvalue weighted by Crippen LogP contribution is -2.50. The van der Waals surface area contributed by atoms with Crippen LogP contribution < -0.4 is 10.6 Å². The molecule has 1 saturated heterocycles. The van der Waals surface area contributed by atoms with E-state index in [-0.39, 0.29) is 12.6 Å². The van der Waals surface area contributed by atoms with Gasteiger partial charge in [-0.05, 0) is 12.8 Å². The fourth-order valence-corrected chi connectivity index (χ4v) is 2.53. The lowest BCUT2D eigenvalue weighted by molar-refractivity contribution is -0.153. The quantitative estimate of drug-likeness (QED) is 0.632. The predicted molar refractivity (Wildman–Crippen MR) is 72.6 cm³/mol. The van der Waals surface area contributed by atoms with Gasteiger partial charge in [-0.3, -0.25) is 9.69 Å². The molecule has 0 aromatic carbocycles. The number of rotatable bonds is 6. The number of carboxylic acids is 1. The van der Waals surface area contributed by atoms with Crippen LogP contribution >= 0.6 is 0 Å². The number of hydrogen-bond donors (Lipinski definition) is 3. The highest BCUT2D eigenvalue weighted by molar-refractivity contribution is 5.78. The van der Waals surface area contributed by atoms with Crippen LogP contribution in [0.2, 0.25) is 0 Å². The molecule has 0 aromatic rings. The Balaban J connectivity index is 1.59. The molecule has 0 unspecified atom stereocenters. The van der Waals surface area contributed by atoms with E-state index in [1.54, 1.807) is 0 Å². The number of ether oxygens (including phenoxy) is 1. The Hall–Kier alpha value is -1.34.